The number of amides is 1. The molecule has 1 aromatic carbocycles. The van der Waals surface area contributed by atoms with Gasteiger partial charge < -0.3 is 10.1 Å². The van der Waals surface area contributed by atoms with E-state index in [0.717, 1.165) is 5.01 Å². The molecule has 1 amide bonds. The normalized spacial score (nSPS) is 11.8. The molecule has 0 aliphatic heterocycles. The van der Waals surface area contributed by atoms with Crippen molar-refractivity contribution in [2.75, 3.05) is 5.32 Å². The number of aryl methyl sites for hydroxylation is 2. The van der Waals surface area contributed by atoms with Gasteiger partial charge in [0, 0.05) is 10.7 Å². The molecule has 0 radical (unpaired) electrons. The number of nitrogens with one attached hydrogen (secondary N) is 1. The summed E-state index contributed by atoms with van der Waals surface area (Å²) in [7, 11) is 0. The Hall–Kier alpha value is -1.92. The number of esters is 1. The minimum absolute atomic E-state index is 0.417. The first kappa shape index (κ1) is 16.5. The molecule has 1 atom stereocenters. The van der Waals surface area contributed by atoms with Crippen LogP contribution in [0.4, 0.5) is 5.69 Å². The number of anilines is 1. The lowest BCUT2D eigenvalue weighted by atomic mass is 10.3. The van der Waals surface area contributed by atoms with E-state index in [4.69, 9.17) is 16.3 Å². The fourth-order valence-corrected chi connectivity index (χ4v) is 2.79. The molecule has 0 aliphatic carbocycles. The summed E-state index contributed by atoms with van der Waals surface area (Å²) < 4.78 is 5.18. The molecular formula is C15H15ClN2O3S. The summed E-state index contributed by atoms with van der Waals surface area (Å²) in [6, 6.07) is 6.74. The summed E-state index contributed by atoms with van der Waals surface area (Å²) in [5, 5.41) is 3.94. The maximum absolute atomic E-state index is 12.0. The third-order valence-electron chi connectivity index (χ3n) is 2.83. The molecule has 2 rings (SSSR count). The first-order valence-corrected chi connectivity index (χ1v) is 7.77. The van der Waals surface area contributed by atoms with Gasteiger partial charge in [-0.3, -0.25) is 4.79 Å². The number of rotatable bonds is 4. The second kappa shape index (κ2) is 6.89. The van der Waals surface area contributed by atoms with Crippen molar-refractivity contribution in [3.63, 3.8) is 0 Å². The second-order valence-electron chi connectivity index (χ2n) is 4.69. The molecule has 2 aromatic rings. The Labute approximate surface area is 137 Å². The van der Waals surface area contributed by atoms with Crippen LogP contribution in [0, 0.1) is 13.8 Å². The molecule has 1 aromatic heterocycles. The number of hydrogen-bond acceptors (Lipinski definition) is 5. The van der Waals surface area contributed by atoms with Gasteiger partial charge in [0.05, 0.1) is 10.7 Å². The zero-order valence-corrected chi connectivity index (χ0v) is 13.9. The molecule has 0 saturated carbocycles. The van der Waals surface area contributed by atoms with Gasteiger partial charge >= 0.3 is 5.97 Å². The van der Waals surface area contributed by atoms with Crippen molar-refractivity contribution in [1.29, 1.82) is 0 Å². The van der Waals surface area contributed by atoms with Crippen LogP contribution in [-0.4, -0.2) is 23.0 Å². The lowest BCUT2D eigenvalue weighted by molar-refractivity contribution is -0.123. The minimum Gasteiger partial charge on any atom is -0.448 e. The zero-order valence-electron chi connectivity index (χ0n) is 12.3. The Morgan fingerprint density at radius 3 is 2.68 bits per heavy atom. The van der Waals surface area contributed by atoms with Crippen molar-refractivity contribution in [2.45, 2.75) is 26.9 Å². The van der Waals surface area contributed by atoms with E-state index in [1.165, 1.54) is 18.3 Å². The van der Waals surface area contributed by atoms with E-state index >= 15 is 0 Å². The fourth-order valence-electron chi connectivity index (χ4n) is 1.80. The fraction of sp³-hybridized carbons (Fsp3) is 0.267. The zero-order chi connectivity index (χ0) is 16.3. The number of ether oxygens (including phenoxy) is 1. The molecule has 0 aliphatic rings. The number of halogens is 1. The highest BCUT2D eigenvalue weighted by atomic mass is 35.5. The number of nitrogens with zero attached hydrogens (tertiary/aromatic N) is 1. The number of benzene rings is 1. The first-order chi connectivity index (χ1) is 10.4. The van der Waals surface area contributed by atoms with Crippen LogP contribution in [0.5, 0.6) is 0 Å². The van der Waals surface area contributed by atoms with Crippen LogP contribution in [-0.2, 0) is 9.53 Å². The van der Waals surface area contributed by atoms with Crippen LogP contribution in [0.25, 0.3) is 0 Å². The van der Waals surface area contributed by atoms with Gasteiger partial charge in [-0.05, 0) is 39.0 Å². The number of hydrogen-bond donors (Lipinski definition) is 1. The Morgan fingerprint density at radius 2 is 2.09 bits per heavy atom. The Bertz CT molecular complexity index is 715. The molecule has 22 heavy (non-hydrogen) atoms. The molecule has 0 bridgehead atoms. The van der Waals surface area contributed by atoms with E-state index in [2.05, 4.69) is 10.3 Å². The van der Waals surface area contributed by atoms with E-state index in [0.29, 0.717) is 21.3 Å². The molecule has 0 fully saturated rings. The van der Waals surface area contributed by atoms with Crippen LogP contribution in [0.2, 0.25) is 5.02 Å². The average molecular weight is 339 g/mol. The minimum atomic E-state index is -0.923. The Kier molecular flexibility index (Phi) is 5.15. The van der Waals surface area contributed by atoms with Crippen molar-refractivity contribution < 1.29 is 14.3 Å². The van der Waals surface area contributed by atoms with E-state index in [1.54, 1.807) is 31.2 Å². The molecule has 116 valence electrons. The molecule has 0 spiro atoms. The van der Waals surface area contributed by atoms with Crippen LogP contribution in [0.1, 0.15) is 27.3 Å². The average Bonchev–Trinajstić information content (AvgIpc) is 2.77. The predicted molar refractivity (Wildman–Crippen MR) is 86.5 cm³/mol. The molecular weight excluding hydrogens is 324 g/mol. The molecule has 1 N–H and O–H groups in total. The van der Waals surface area contributed by atoms with Gasteiger partial charge in [-0.25, -0.2) is 9.78 Å². The number of aromatic nitrogens is 1. The van der Waals surface area contributed by atoms with Gasteiger partial charge in [0.15, 0.2) is 6.10 Å². The van der Waals surface area contributed by atoms with Crippen molar-refractivity contribution in [3.8, 4) is 0 Å². The SMILES string of the molecule is Cc1nc(C)c(C(=O)OC(C)C(=O)Nc2cccc(Cl)c2)s1. The third-order valence-corrected chi connectivity index (χ3v) is 4.12. The maximum Gasteiger partial charge on any atom is 0.351 e. The summed E-state index contributed by atoms with van der Waals surface area (Å²) in [5.74, 6) is -0.966. The topological polar surface area (TPSA) is 68.3 Å². The molecule has 1 heterocycles. The monoisotopic (exact) mass is 338 g/mol. The van der Waals surface area contributed by atoms with Crippen molar-refractivity contribution >= 4 is 40.5 Å². The van der Waals surface area contributed by atoms with E-state index in [1.807, 2.05) is 6.92 Å². The van der Waals surface area contributed by atoms with Crippen molar-refractivity contribution in [1.82, 2.24) is 4.98 Å². The summed E-state index contributed by atoms with van der Waals surface area (Å²) in [4.78, 5) is 28.7. The number of thiazole rings is 1. The quantitative estimate of drug-likeness (QED) is 0.865. The first-order valence-electron chi connectivity index (χ1n) is 6.58. The van der Waals surface area contributed by atoms with Crippen molar-refractivity contribution in [3.05, 3.63) is 44.9 Å². The summed E-state index contributed by atoms with van der Waals surface area (Å²) in [5.41, 5.74) is 1.15. The lowest BCUT2D eigenvalue weighted by Crippen LogP contribution is -2.29. The highest BCUT2D eigenvalue weighted by Crippen LogP contribution is 2.19. The number of carbonyl (C=O) groups is 2. The summed E-state index contributed by atoms with van der Waals surface area (Å²) in [6.45, 7) is 5.06. The molecule has 0 saturated heterocycles. The van der Waals surface area contributed by atoms with Crippen LogP contribution < -0.4 is 5.32 Å². The third kappa shape index (κ3) is 4.05. The standard InChI is InChI=1S/C15H15ClN2O3S/c1-8-13(22-10(3)17-8)15(20)21-9(2)14(19)18-12-6-4-5-11(16)7-12/h4-7,9H,1-3H3,(H,18,19). The van der Waals surface area contributed by atoms with Crippen molar-refractivity contribution in [2.24, 2.45) is 0 Å². The van der Waals surface area contributed by atoms with Crippen LogP contribution in [0.15, 0.2) is 24.3 Å². The van der Waals surface area contributed by atoms with Gasteiger partial charge in [-0.1, -0.05) is 17.7 Å². The van der Waals surface area contributed by atoms with Gasteiger partial charge in [-0.2, -0.15) is 0 Å². The van der Waals surface area contributed by atoms with E-state index < -0.39 is 18.0 Å². The molecule has 1 unspecified atom stereocenters. The smallest absolute Gasteiger partial charge is 0.351 e. The molecule has 7 heteroatoms. The summed E-state index contributed by atoms with van der Waals surface area (Å²) >= 11 is 7.10. The van der Waals surface area contributed by atoms with E-state index in [-0.39, 0.29) is 0 Å². The van der Waals surface area contributed by atoms with Gasteiger partial charge in [-0.15, -0.1) is 11.3 Å². The van der Waals surface area contributed by atoms with Gasteiger partial charge in [0.1, 0.15) is 4.88 Å². The molecule has 5 nitrogen and oxygen atoms in total. The second-order valence-corrected chi connectivity index (χ2v) is 6.33. The Balaban J connectivity index is 1.99. The van der Waals surface area contributed by atoms with E-state index in [9.17, 15) is 9.59 Å². The lowest BCUT2D eigenvalue weighted by Gasteiger charge is -2.13. The van der Waals surface area contributed by atoms with Crippen LogP contribution in [0.3, 0.4) is 0 Å². The predicted octanol–water partition coefficient (Wildman–Crippen LogP) is 3.60. The maximum atomic E-state index is 12.0. The Morgan fingerprint density at radius 1 is 1.36 bits per heavy atom. The van der Waals surface area contributed by atoms with Gasteiger partial charge in [0.25, 0.3) is 5.91 Å². The highest BCUT2D eigenvalue weighted by molar-refractivity contribution is 7.13. The number of carbonyl (C=O) groups excluding carboxylic acids is 2. The van der Waals surface area contributed by atoms with Crippen LogP contribution >= 0.6 is 22.9 Å². The summed E-state index contributed by atoms with van der Waals surface area (Å²) in [6.07, 6.45) is -0.923. The van der Waals surface area contributed by atoms with Gasteiger partial charge in [0.2, 0.25) is 0 Å². The largest absolute Gasteiger partial charge is 0.448 e. The highest BCUT2D eigenvalue weighted by Gasteiger charge is 2.22.